The molecule has 1 aliphatic carbocycles. The Kier molecular flexibility index (Phi) is 3.48. The molecule has 21 heavy (non-hydrogen) atoms. The van der Waals surface area contributed by atoms with Crippen molar-refractivity contribution >= 4 is 28.4 Å². The molecule has 1 unspecified atom stereocenters. The first kappa shape index (κ1) is 14.5. The lowest BCUT2D eigenvalue weighted by molar-refractivity contribution is -0.129. The van der Waals surface area contributed by atoms with E-state index in [1.54, 1.807) is 0 Å². The molecule has 1 amide bonds. The molecular weight excluding hydrogens is 284 g/mol. The first-order chi connectivity index (χ1) is 9.90. The lowest BCUT2D eigenvalue weighted by Crippen LogP contribution is -2.44. The molecule has 1 aromatic heterocycles. The number of aromatic nitrogens is 1. The maximum absolute atomic E-state index is 12.2. The number of alkyl halides is 1. The van der Waals surface area contributed by atoms with Crippen LogP contribution in [0.1, 0.15) is 30.7 Å². The Labute approximate surface area is 130 Å². The normalized spacial score (nSPS) is 18.0. The van der Waals surface area contributed by atoms with Crippen LogP contribution in [0.2, 0.25) is 0 Å². The monoisotopic (exact) mass is 304 g/mol. The van der Waals surface area contributed by atoms with Gasteiger partial charge in [0.15, 0.2) is 0 Å². The second kappa shape index (κ2) is 5.06. The molecule has 0 aliphatic heterocycles. The standard InChI is InChI=1S/C17H21ClN2O/c1-10-4-5-14-12(6-10)13-7-11(8-15(13)20-14)19-16(21)17(2,3)9-18/h4-6,11,20H,7-9H2,1-3H3,(H,19,21). The molecule has 3 rings (SSSR count). The number of hydrogen-bond acceptors (Lipinski definition) is 1. The Hall–Kier alpha value is -1.48. The van der Waals surface area contributed by atoms with Crippen molar-refractivity contribution in [1.82, 2.24) is 10.3 Å². The summed E-state index contributed by atoms with van der Waals surface area (Å²) in [7, 11) is 0. The third-order valence-corrected chi connectivity index (χ3v) is 5.00. The summed E-state index contributed by atoms with van der Waals surface area (Å²) in [6.07, 6.45) is 1.76. The van der Waals surface area contributed by atoms with E-state index in [2.05, 4.69) is 35.4 Å². The van der Waals surface area contributed by atoms with Crippen LogP contribution in [-0.4, -0.2) is 22.8 Å². The number of aryl methyl sites for hydroxylation is 1. The van der Waals surface area contributed by atoms with E-state index in [4.69, 9.17) is 11.6 Å². The molecule has 1 heterocycles. The van der Waals surface area contributed by atoms with Gasteiger partial charge in [-0.25, -0.2) is 0 Å². The summed E-state index contributed by atoms with van der Waals surface area (Å²) < 4.78 is 0. The lowest BCUT2D eigenvalue weighted by atomic mass is 9.94. The molecule has 0 saturated heterocycles. The summed E-state index contributed by atoms with van der Waals surface area (Å²) in [6.45, 7) is 5.86. The van der Waals surface area contributed by atoms with Gasteiger partial charge in [-0.05, 0) is 44.9 Å². The Morgan fingerprint density at radius 1 is 1.43 bits per heavy atom. The zero-order valence-electron chi connectivity index (χ0n) is 12.7. The molecule has 4 heteroatoms. The van der Waals surface area contributed by atoms with Crippen molar-refractivity contribution < 1.29 is 4.79 Å². The average Bonchev–Trinajstić information content (AvgIpc) is 2.96. The predicted octanol–water partition coefficient (Wildman–Crippen LogP) is 3.32. The third kappa shape index (κ3) is 2.55. The molecule has 112 valence electrons. The SMILES string of the molecule is Cc1ccc2[nH]c3c(c2c1)CC(NC(=O)C(C)(C)CCl)C3. The highest BCUT2D eigenvalue weighted by molar-refractivity contribution is 6.19. The molecular formula is C17H21ClN2O. The van der Waals surface area contributed by atoms with Crippen LogP contribution >= 0.6 is 11.6 Å². The molecule has 0 radical (unpaired) electrons. The summed E-state index contributed by atoms with van der Waals surface area (Å²) in [5.41, 5.74) is 4.54. The number of fused-ring (bicyclic) bond motifs is 3. The van der Waals surface area contributed by atoms with Gasteiger partial charge >= 0.3 is 0 Å². The number of aromatic amines is 1. The van der Waals surface area contributed by atoms with E-state index < -0.39 is 5.41 Å². The van der Waals surface area contributed by atoms with Gasteiger partial charge in [0, 0.05) is 34.9 Å². The van der Waals surface area contributed by atoms with Crippen LogP contribution in [0, 0.1) is 12.3 Å². The highest BCUT2D eigenvalue weighted by Gasteiger charge is 2.32. The highest BCUT2D eigenvalue weighted by atomic mass is 35.5. The summed E-state index contributed by atoms with van der Waals surface area (Å²) in [6, 6.07) is 6.65. The number of rotatable bonds is 3. The molecule has 1 aromatic carbocycles. The number of carbonyl (C=O) groups is 1. The molecule has 0 fully saturated rings. The van der Waals surface area contributed by atoms with Crippen LogP contribution in [0.25, 0.3) is 10.9 Å². The van der Waals surface area contributed by atoms with E-state index in [1.807, 2.05) is 13.8 Å². The summed E-state index contributed by atoms with van der Waals surface area (Å²) in [5.74, 6) is 0.368. The fourth-order valence-corrected chi connectivity index (χ4v) is 3.05. The molecule has 0 spiro atoms. The van der Waals surface area contributed by atoms with Crippen molar-refractivity contribution in [3.8, 4) is 0 Å². The van der Waals surface area contributed by atoms with Gasteiger partial charge in [0.05, 0.1) is 5.41 Å². The molecule has 3 nitrogen and oxygen atoms in total. The van der Waals surface area contributed by atoms with Gasteiger partial charge < -0.3 is 10.3 Å². The first-order valence-electron chi connectivity index (χ1n) is 7.38. The largest absolute Gasteiger partial charge is 0.358 e. The van der Waals surface area contributed by atoms with Gasteiger partial charge in [-0.15, -0.1) is 11.6 Å². The molecule has 2 N–H and O–H groups in total. The zero-order chi connectivity index (χ0) is 15.2. The third-order valence-electron chi connectivity index (χ3n) is 4.34. The van der Waals surface area contributed by atoms with Crippen molar-refractivity contribution in [3.05, 3.63) is 35.0 Å². The van der Waals surface area contributed by atoms with Gasteiger partial charge in [-0.3, -0.25) is 4.79 Å². The van der Waals surface area contributed by atoms with Crippen LogP contribution in [0.5, 0.6) is 0 Å². The van der Waals surface area contributed by atoms with Crippen LogP contribution < -0.4 is 5.32 Å². The minimum atomic E-state index is -0.517. The van der Waals surface area contributed by atoms with Crippen LogP contribution in [0.15, 0.2) is 18.2 Å². The second-order valence-corrected chi connectivity index (χ2v) is 6.99. The van der Waals surface area contributed by atoms with Crippen molar-refractivity contribution in [3.63, 3.8) is 0 Å². The maximum Gasteiger partial charge on any atom is 0.227 e. The van der Waals surface area contributed by atoms with E-state index in [1.165, 1.54) is 27.7 Å². The van der Waals surface area contributed by atoms with Crippen LogP contribution in [-0.2, 0) is 17.6 Å². The fourth-order valence-electron chi connectivity index (χ4n) is 2.93. The highest BCUT2D eigenvalue weighted by Crippen LogP contribution is 2.31. The van der Waals surface area contributed by atoms with Gasteiger partial charge in [0.1, 0.15) is 0 Å². The lowest BCUT2D eigenvalue weighted by Gasteiger charge is -2.23. The molecule has 0 bridgehead atoms. The Bertz CT molecular complexity index is 702. The predicted molar refractivity (Wildman–Crippen MR) is 86.9 cm³/mol. The molecule has 1 atom stereocenters. The van der Waals surface area contributed by atoms with Gasteiger partial charge in [0.25, 0.3) is 0 Å². The van der Waals surface area contributed by atoms with E-state index in [0.717, 1.165) is 12.8 Å². The van der Waals surface area contributed by atoms with Gasteiger partial charge in [-0.2, -0.15) is 0 Å². The number of H-pyrrole nitrogens is 1. The first-order valence-corrected chi connectivity index (χ1v) is 7.91. The number of hydrogen-bond donors (Lipinski definition) is 2. The van der Waals surface area contributed by atoms with Crippen molar-refractivity contribution in [2.24, 2.45) is 5.41 Å². The number of nitrogens with one attached hydrogen (secondary N) is 2. The van der Waals surface area contributed by atoms with Crippen LogP contribution in [0.4, 0.5) is 0 Å². The van der Waals surface area contributed by atoms with E-state index in [0.29, 0.717) is 5.88 Å². The average molecular weight is 305 g/mol. The van der Waals surface area contributed by atoms with E-state index >= 15 is 0 Å². The van der Waals surface area contributed by atoms with Crippen molar-refractivity contribution in [2.45, 2.75) is 39.7 Å². The molecule has 1 aliphatic rings. The van der Waals surface area contributed by atoms with Crippen LogP contribution in [0.3, 0.4) is 0 Å². The summed E-state index contributed by atoms with van der Waals surface area (Å²) >= 11 is 5.87. The minimum Gasteiger partial charge on any atom is -0.358 e. The summed E-state index contributed by atoms with van der Waals surface area (Å²) in [4.78, 5) is 15.7. The number of carbonyl (C=O) groups excluding carboxylic acids is 1. The topological polar surface area (TPSA) is 44.9 Å². The Balaban J connectivity index is 1.79. The quantitative estimate of drug-likeness (QED) is 0.840. The number of benzene rings is 1. The maximum atomic E-state index is 12.2. The van der Waals surface area contributed by atoms with Gasteiger partial charge in [0.2, 0.25) is 5.91 Å². The Morgan fingerprint density at radius 3 is 2.90 bits per heavy atom. The minimum absolute atomic E-state index is 0.0353. The zero-order valence-corrected chi connectivity index (χ0v) is 13.5. The fraction of sp³-hybridized carbons (Fsp3) is 0.471. The second-order valence-electron chi connectivity index (χ2n) is 6.73. The van der Waals surface area contributed by atoms with Gasteiger partial charge in [-0.1, -0.05) is 11.6 Å². The van der Waals surface area contributed by atoms with Crippen molar-refractivity contribution in [1.29, 1.82) is 0 Å². The smallest absolute Gasteiger partial charge is 0.227 e. The molecule has 0 saturated carbocycles. The van der Waals surface area contributed by atoms with E-state index in [-0.39, 0.29) is 11.9 Å². The molecule has 2 aromatic rings. The Morgan fingerprint density at radius 2 is 2.19 bits per heavy atom. The number of amides is 1. The van der Waals surface area contributed by atoms with E-state index in [9.17, 15) is 4.79 Å². The van der Waals surface area contributed by atoms with Crippen molar-refractivity contribution in [2.75, 3.05) is 5.88 Å². The number of halogens is 1. The summed E-state index contributed by atoms with van der Waals surface area (Å²) in [5, 5.41) is 4.43.